The number of alkyl halides is 9. The summed E-state index contributed by atoms with van der Waals surface area (Å²) < 4.78 is 140. The van der Waals surface area contributed by atoms with Gasteiger partial charge in [-0.2, -0.15) is 39.5 Å². The van der Waals surface area contributed by atoms with E-state index >= 15 is 39.5 Å². The Labute approximate surface area is 334 Å². The summed E-state index contributed by atoms with van der Waals surface area (Å²) in [6, 6.07) is 36.3. The third-order valence-electron chi connectivity index (χ3n) is 9.92. The molecule has 0 bridgehead atoms. The van der Waals surface area contributed by atoms with Crippen LogP contribution in [0, 0.1) is 0 Å². The maximum absolute atomic E-state index is 16.6. The van der Waals surface area contributed by atoms with Crippen molar-refractivity contribution in [1.82, 2.24) is 0 Å². The lowest BCUT2D eigenvalue weighted by Gasteiger charge is -2.39. The molecule has 290 valence electrons. The number of rotatable bonds is 4. The molecule has 0 unspecified atom stereocenters. The van der Waals surface area contributed by atoms with Gasteiger partial charge in [0, 0.05) is 30.7 Å². The normalized spacial score (nSPS) is 13.7. The Kier molecular flexibility index (Phi) is 9.08. The van der Waals surface area contributed by atoms with Crippen molar-refractivity contribution < 1.29 is 39.5 Å². The zero-order valence-electron chi connectivity index (χ0n) is 29.5. The molecule has 13 heteroatoms. The number of halogens is 9. The third-order valence-corrected chi connectivity index (χ3v) is 12.2. The van der Waals surface area contributed by atoms with Crippen LogP contribution in [0.3, 0.4) is 0 Å². The second kappa shape index (κ2) is 13.9. The van der Waals surface area contributed by atoms with Crippen LogP contribution >= 0.6 is 23.5 Å². The number of hydrogen-bond acceptors (Lipinski definition) is 4. The zero-order chi connectivity index (χ0) is 40.6. The molecule has 0 N–H and O–H groups in total. The van der Waals surface area contributed by atoms with Gasteiger partial charge in [0.2, 0.25) is 0 Å². The highest BCUT2D eigenvalue weighted by molar-refractivity contribution is 8.00. The first-order valence-electron chi connectivity index (χ1n) is 17.7. The molecule has 0 saturated heterocycles. The van der Waals surface area contributed by atoms with Crippen LogP contribution in [0.1, 0.15) is 16.7 Å². The third kappa shape index (κ3) is 6.37. The maximum Gasteiger partial charge on any atom is 0.417 e. The van der Waals surface area contributed by atoms with E-state index in [4.69, 9.17) is 0 Å². The van der Waals surface area contributed by atoms with Gasteiger partial charge >= 0.3 is 18.5 Å². The highest BCUT2D eigenvalue weighted by atomic mass is 32.2. The van der Waals surface area contributed by atoms with Gasteiger partial charge in [0.25, 0.3) is 0 Å². The lowest BCUT2D eigenvalue weighted by Crippen LogP contribution is -2.23. The molecule has 7 aromatic carbocycles. The minimum Gasteiger partial charge on any atom is -0.307 e. The summed E-state index contributed by atoms with van der Waals surface area (Å²) in [5.74, 6) is 0. The highest BCUT2D eigenvalue weighted by Crippen LogP contribution is 2.62. The fraction of sp³-hybridized carbons (Fsp3) is 0.0667. The standard InChI is InChI=1S/C45H25F9N2S2/c46-43(47,48)28-15-3-1-13-26(28)40-34(55-30-17-5-9-21-36(30)57-37-22-10-6-18-31(37)55)25-35(56-32-19-7-11-23-38(32)58-39-24-12-8-20-33(39)56)41(42(40)45(52,53)54)27-14-2-4-16-29(27)44(49,50)51/h1-25H. The minimum absolute atomic E-state index is 0.319. The molecule has 0 saturated carbocycles. The summed E-state index contributed by atoms with van der Waals surface area (Å²) >= 11 is 2.67. The Hall–Kier alpha value is -5.79. The second-order valence-corrected chi connectivity index (χ2v) is 15.5. The fourth-order valence-corrected chi connectivity index (χ4v) is 9.78. The van der Waals surface area contributed by atoms with Crippen LogP contribution in [0.2, 0.25) is 0 Å². The van der Waals surface area contributed by atoms with Crippen LogP contribution in [-0.2, 0) is 18.5 Å². The van der Waals surface area contributed by atoms with E-state index in [2.05, 4.69) is 0 Å². The Balaban J connectivity index is 1.56. The SMILES string of the molecule is FC(F)(F)c1ccccc1-c1c(N2c3ccccc3Sc3ccccc32)cc(N2c3ccccc3Sc3ccccc32)c(-c2ccccc2C(F)(F)F)c1C(F)(F)F. The van der Waals surface area contributed by atoms with Crippen LogP contribution in [0.25, 0.3) is 22.3 Å². The van der Waals surface area contributed by atoms with Crippen molar-refractivity contribution in [2.75, 3.05) is 9.80 Å². The highest BCUT2D eigenvalue weighted by Gasteiger charge is 2.47. The number of para-hydroxylation sites is 4. The predicted molar refractivity (Wildman–Crippen MR) is 210 cm³/mol. The van der Waals surface area contributed by atoms with Crippen molar-refractivity contribution >= 4 is 57.6 Å². The molecular formula is C45H25F9N2S2. The molecule has 2 aliphatic heterocycles. The number of nitrogens with zero attached hydrogens (tertiary/aromatic N) is 2. The summed E-state index contributed by atoms with van der Waals surface area (Å²) in [5.41, 5.74) is -7.15. The fourth-order valence-electron chi connectivity index (χ4n) is 7.66. The molecule has 0 aromatic heterocycles. The molecule has 9 rings (SSSR count). The van der Waals surface area contributed by atoms with E-state index in [1.165, 1.54) is 51.5 Å². The van der Waals surface area contributed by atoms with E-state index in [-0.39, 0.29) is 11.4 Å². The molecule has 58 heavy (non-hydrogen) atoms. The molecule has 0 radical (unpaired) electrons. The van der Waals surface area contributed by atoms with E-state index < -0.39 is 57.5 Å². The number of hydrogen-bond donors (Lipinski definition) is 0. The molecule has 0 spiro atoms. The average molecular weight is 829 g/mol. The van der Waals surface area contributed by atoms with Crippen LogP contribution in [0.5, 0.6) is 0 Å². The lowest BCUT2D eigenvalue weighted by atomic mass is 9.84. The van der Waals surface area contributed by atoms with Crippen molar-refractivity contribution in [2.45, 2.75) is 38.1 Å². The first-order valence-corrected chi connectivity index (χ1v) is 19.3. The predicted octanol–water partition coefficient (Wildman–Crippen LogP) is 15.9. The summed E-state index contributed by atoms with van der Waals surface area (Å²) in [5, 5.41) is 0. The van der Waals surface area contributed by atoms with Gasteiger partial charge in [0.1, 0.15) is 0 Å². The van der Waals surface area contributed by atoms with Gasteiger partial charge in [-0.25, -0.2) is 0 Å². The van der Waals surface area contributed by atoms with Crippen LogP contribution in [0.4, 0.5) is 73.6 Å². The minimum atomic E-state index is -5.53. The maximum atomic E-state index is 16.6. The number of fused-ring (bicyclic) bond motifs is 4. The molecular weight excluding hydrogens is 804 g/mol. The Morgan fingerprint density at radius 1 is 0.328 bits per heavy atom. The van der Waals surface area contributed by atoms with Gasteiger partial charge in [-0.05, 0) is 77.9 Å². The largest absolute Gasteiger partial charge is 0.417 e. The van der Waals surface area contributed by atoms with Gasteiger partial charge in [-0.1, -0.05) is 108 Å². The zero-order valence-corrected chi connectivity index (χ0v) is 31.2. The van der Waals surface area contributed by atoms with Crippen molar-refractivity contribution in [1.29, 1.82) is 0 Å². The second-order valence-electron chi connectivity index (χ2n) is 13.4. The first-order chi connectivity index (χ1) is 27.7. The topological polar surface area (TPSA) is 6.48 Å². The molecule has 0 atom stereocenters. The average Bonchev–Trinajstić information content (AvgIpc) is 3.20. The summed E-state index contributed by atoms with van der Waals surface area (Å²) in [4.78, 5) is 5.37. The van der Waals surface area contributed by atoms with Crippen LogP contribution in [-0.4, -0.2) is 0 Å². The monoisotopic (exact) mass is 828 g/mol. The molecule has 2 heterocycles. The Bertz CT molecular complexity index is 2470. The van der Waals surface area contributed by atoms with Gasteiger partial charge in [-0.15, -0.1) is 0 Å². The van der Waals surface area contributed by atoms with Gasteiger partial charge in [0.15, 0.2) is 0 Å². The van der Waals surface area contributed by atoms with E-state index in [9.17, 15) is 0 Å². The molecule has 2 nitrogen and oxygen atoms in total. The summed E-state index contributed by atoms with van der Waals surface area (Å²) in [6.45, 7) is 0. The van der Waals surface area contributed by atoms with Crippen molar-refractivity contribution in [2.24, 2.45) is 0 Å². The van der Waals surface area contributed by atoms with Crippen molar-refractivity contribution in [3.05, 3.63) is 168 Å². The molecule has 0 fully saturated rings. The number of benzene rings is 7. The van der Waals surface area contributed by atoms with Gasteiger partial charge in [0.05, 0.1) is 50.8 Å². The summed E-state index contributed by atoms with van der Waals surface area (Å²) in [6.07, 6.45) is -15.8. The Morgan fingerprint density at radius 3 is 0.931 bits per heavy atom. The lowest BCUT2D eigenvalue weighted by molar-refractivity contribution is -0.139. The van der Waals surface area contributed by atoms with Crippen molar-refractivity contribution in [3.63, 3.8) is 0 Å². The smallest absolute Gasteiger partial charge is 0.307 e. The number of anilines is 6. The Morgan fingerprint density at radius 2 is 0.621 bits per heavy atom. The molecule has 2 aliphatic rings. The first kappa shape index (κ1) is 37.8. The van der Waals surface area contributed by atoms with E-state index in [0.717, 1.165) is 24.3 Å². The van der Waals surface area contributed by atoms with Crippen molar-refractivity contribution in [3.8, 4) is 22.3 Å². The molecule has 0 aliphatic carbocycles. The van der Waals surface area contributed by atoms with E-state index in [0.29, 0.717) is 54.5 Å². The summed E-state index contributed by atoms with van der Waals surface area (Å²) in [7, 11) is 0. The van der Waals surface area contributed by atoms with Crippen LogP contribution in [0.15, 0.2) is 171 Å². The quantitative estimate of drug-likeness (QED) is 0.163. The van der Waals surface area contributed by atoms with E-state index in [1.807, 2.05) is 0 Å². The van der Waals surface area contributed by atoms with Gasteiger partial charge < -0.3 is 9.80 Å². The molecule has 0 amide bonds. The van der Waals surface area contributed by atoms with E-state index in [1.54, 1.807) is 97.1 Å². The van der Waals surface area contributed by atoms with Crippen LogP contribution < -0.4 is 9.80 Å². The van der Waals surface area contributed by atoms with Gasteiger partial charge in [-0.3, -0.25) is 0 Å². The molecule has 7 aromatic rings.